The van der Waals surface area contributed by atoms with Crippen LogP contribution in [0.15, 0.2) is 41.1 Å². The molecule has 2 N–H and O–H groups in total. The number of rotatable bonds is 4. The number of nitrogens with zero attached hydrogens (tertiary/aromatic N) is 2. The van der Waals surface area contributed by atoms with Gasteiger partial charge in [-0.25, -0.2) is 9.97 Å². The summed E-state index contributed by atoms with van der Waals surface area (Å²) in [6.07, 6.45) is 2.16. The van der Waals surface area contributed by atoms with E-state index >= 15 is 0 Å². The Labute approximate surface area is 140 Å². The summed E-state index contributed by atoms with van der Waals surface area (Å²) in [5.41, 5.74) is 1.81. The zero-order valence-corrected chi connectivity index (χ0v) is 13.7. The number of halogens is 1. The molecule has 6 nitrogen and oxygen atoms in total. The van der Waals surface area contributed by atoms with Crippen molar-refractivity contribution in [1.82, 2.24) is 9.97 Å². The lowest BCUT2D eigenvalue weighted by Crippen LogP contribution is -1.98. The number of anilines is 2. The molecule has 116 valence electrons. The van der Waals surface area contributed by atoms with Crippen LogP contribution in [0.25, 0.3) is 10.9 Å². The quantitative estimate of drug-likeness (QED) is 0.536. The van der Waals surface area contributed by atoms with Gasteiger partial charge < -0.3 is 15.2 Å². The minimum Gasteiger partial charge on any atom is -0.507 e. The molecule has 2 aromatic carbocycles. The van der Waals surface area contributed by atoms with E-state index in [0.717, 1.165) is 12.0 Å². The molecule has 7 heteroatoms. The van der Waals surface area contributed by atoms with Crippen LogP contribution in [0.1, 0.15) is 10.4 Å². The average Bonchev–Trinajstić information content (AvgIpc) is 2.57. The normalized spacial score (nSPS) is 10.5. The van der Waals surface area contributed by atoms with Crippen LogP contribution in [0.2, 0.25) is 0 Å². The lowest BCUT2D eigenvalue weighted by Gasteiger charge is -2.11. The Morgan fingerprint density at radius 2 is 2.09 bits per heavy atom. The zero-order chi connectivity index (χ0) is 16.4. The van der Waals surface area contributed by atoms with E-state index in [4.69, 9.17) is 4.74 Å². The third-order valence-electron chi connectivity index (χ3n) is 3.32. The molecule has 0 spiro atoms. The molecule has 1 heterocycles. The Hall–Kier alpha value is -2.67. The molecular weight excluding hydrogens is 362 g/mol. The Balaban J connectivity index is 2.09. The predicted molar refractivity (Wildman–Crippen MR) is 90.6 cm³/mol. The summed E-state index contributed by atoms with van der Waals surface area (Å²) < 4.78 is 5.75. The monoisotopic (exact) mass is 373 g/mol. The Bertz CT molecular complexity index is 899. The maximum atomic E-state index is 11.2. The number of aldehydes is 1. The topological polar surface area (TPSA) is 84.3 Å². The molecule has 0 radical (unpaired) electrons. The number of benzene rings is 2. The van der Waals surface area contributed by atoms with Crippen LogP contribution < -0.4 is 10.1 Å². The number of carbonyl (C=O) groups is 1. The molecule has 0 bridgehead atoms. The summed E-state index contributed by atoms with van der Waals surface area (Å²) >= 11 is 3.27. The van der Waals surface area contributed by atoms with Gasteiger partial charge in [-0.2, -0.15) is 0 Å². The number of ether oxygens (including phenoxy) is 1. The largest absolute Gasteiger partial charge is 0.507 e. The third-order valence-corrected chi connectivity index (χ3v) is 3.96. The number of phenolic OH excluding ortho intramolecular Hbond substituents is 1. The van der Waals surface area contributed by atoms with Crippen LogP contribution in [0.5, 0.6) is 11.5 Å². The minimum atomic E-state index is 0.149. The van der Waals surface area contributed by atoms with Gasteiger partial charge in [0.05, 0.1) is 22.7 Å². The lowest BCUT2D eigenvalue weighted by atomic mass is 10.1. The highest BCUT2D eigenvalue weighted by atomic mass is 79.9. The van der Waals surface area contributed by atoms with E-state index in [1.807, 2.05) is 0 Å². The molecule has 0 fully saturated rings. The number of aromatic hydroxyl groups is 1. The second-order valence-corrected chi connectivity index (χ2v) is 5.60. The SMILES string of the molecule is COc1cc2ncnc(Nc3ccc(O)c(Br)c3)c2cc1C=O. The molecule has 1 aromatic heterocycles. The first kappa shape index (κ1) is 15.2. The number of nitrogens with one attached hydrogen (secondary N) is 1. The van der Waals surface area contributed by atoms with E-state index in [9.17, 15) is 9.90 Å². The highest BCUT2D eigenvalue weighted by molar-refractivity contribution is 9.10. The molecule has 3 aromatic rings. The molecule has 0 amide bonds. The Kier molecular flexibility index (Phi) is 4.12. The standard InChI is InChI=1S/C16H12BrN3O3/c1-23-15-6-13-11(4-9(15)7-21)16(19-8-18-13)20-10-2-3-14(22)12(17)5-10/h2-8,22H,1H3,(H,18,19,20). The fourth-order valence-corrected chi connectivity index (χ4v) is 2.57. The van der Waals surface area contributed by atoms with E-state index in [2.05, 4.69) is 31.2 Å². The smallest absolute Gasteiger partial charge is 0.153 e. The average molecular weight is 374 g/mol. The van der Waals surface area contributed by atoms with Gasteiger partial charge >= 0.3 is 0 Å². The summed E-state index contributed by atoms with van der Waals surface area (Å²) in [6, 6.07) is 8.39. The van der Waals surface area contributed by atoms with Gasteiger partial charge in [-0.3, -0.25) is 4.79 Å². The van der Waals surface area contributed by atoms with Gasteiger partial charge in [0.1, 0.15) is 23.6 Å². The fraction of sp³-hybridized carbons (Fsp3) is 0.0625. The molecule has 0 aliphatic carbocycles. The zero-order valence-electron chi connectivity index (χ0n) is 12.1. The number of phenols is 1. The predicted octanol–water partition coefficient (Wildman–Crippen LogP) is 3.66. The van der Waals surface area contributed by atoms with Crippen LogP contribution >= 0.6 is 15.9 Å². The van der Waals surface area contributed by atoms with Crippen LogP contribution in [0.4, 0.5) is 11.5 Å². The van der Waals surface area contributed by atoms with E-state index in [0.29, 0.717) is 32.5 Å². The third kappa shape index (κ3) is 2.95. The van der Waals surface area contributed by atoms with Crippen molar-refractivity contribution in [3.05, 3.63) is 46.7 Å². The van der Waals surface area contributed by atoms with E-state index < -0.39 is 0 Å². The van der Waals surface area contributed by atoms with Gasteiger partial charge in [0.25, 0.3) is 0 Å². The highest BCUT2D eigenvalue weighted by Crippen LogP contribution is 2.31. The Morgan fingerprint density at radius 3 is 2.78 bits per heavy atom. The second kappa shape index (κ2) is 6.21. The summed E-state index contributed by atoms with van der Waals surface area (Å²) in [5.74, 6) is 1.17. The number of hydrogen-bond acceptors (Lipinski definition) is 6. The molecule has 0 unspecified atom stereocenters. The van der Waals surface area contributed by atoms with Crippen LogP contribution in [-0.4, -0.2) is 28.5 Å². The Morgan fingerprint density at radius 1 is 1.26 bits per heavy atom. The van der Waals surface area contributed by atoms with Crippen molar-refractivity contribution in [1.29, 1.82) is 0 Å². The minimum absolute atomic E-state index is 0.149. The molecule has 23 heavy (non-hydrogen) atoms. The molecule has 0 saturated heterocycles. The maximum Gasteiger partial charge on any atom is 0.153 e. The van der Waals surface area contributed by atoms with Crippen molar-refractivity contribution in [2.45, 2.75) is 0 Å². The highest BCUT2D eigenvalue weighted by Gasteiger charge is 2.10. The van der Waals surface area contributed by atoms with Gasteiger partial charge in [-0.05, 0) is 40.2 Å². The van der Waals surface area contributed by atoms with Crippen molar-refractivity contribution in [3.8, 4) is 11.5 Å². The van der Waals surface area contributed by atoms with Crippen molar-refractivity contribution in [2.75, 3.05) is 12.4 Å². The first-order valence-electron chi connectivity index (χ1n) is 6.66. The number of carbonyl (C=O) groups excluding carboxylic acids is 1. The number of methoxy groups -OCH3 is 1. The van der Waals surface area contributed by atoms with Crippen LogP contribution in [0, 0.1) is 0 Å². The second-order valence-electron chi connectivity index (χ2n) is 4.74. The van der Waals surface area contributed by atoms with Crippen LogP contribution in [0.3, 0.4) is 0 Å². The molecule has 0 aliphatic rings. The van der Waals surface area contributed by atoms with E-state index in [1.54, 1.807) is 30.3 Å². The molecule has 3 rings (SSSR count). The summed E-state index contributed by atoms with van der Waals surface area (Å²) in [7, 11) is 1.50. The van der Waals surface area contributed by atoms with Crippen molar-refractivity contribution >= 4 is 44.6 Å². The summed E-state index contributed by atoms with van der Waals surface area (Å²) in [5, 5.41) is 13.4. The molecule has 0 atom stereocenters. The summed E-state index contributed by atoms with van der Waals surface area (Å²) in [4.78, 5) is 19.6. The number of fused-ring (bicyclic) bond motifs is 1. The fourth-order valence-electron chi connectivity index (χ4n) is 2.19. The molecule has 0 aliphatic heterocycles. The van der Waals surface area contributed by atoms with Gasteiger partial charge in [0, 0.05) is 17.1 Å². The number of hydrogen-bond donors (Lipinski definition) is 2. The first-order valence-corrected chi connectivity index (χ1v) is 7.45. The summed E-state index contributed by atoms with van der Waals surface area (Å²) in [6.45, 7) is 0. The molecule has 0 saturated carbocycles. The van der Waals surface area contributed by atoms with Crippen molar-refractivity contribution in [2.24, 2.45) is 0 Å². The van der Waals surface area contributed by atoms with Gasteiger partial charge in [-0.15, -0.1) is 0 Å². The van der Waals surface area contributed by atoms with Gasteiger partial charge in [0.15, 0.2) is 6.29 Å². The van der Waals surface area contributed by atoms with Crippen molar-refractivity contribution in [3.63, 3.8) is 0 Å². The van der Waals surface area contributed by atoms with Crippen LogP contribution in [-0.2, 0) is 0 Å². The van der Waals surface area contributed by atoms with Gasteiger partial charge in [0.2, 0.25) is 0 Å². The van der Waals surface area contributed by atoms with Crippen molar-refractivity contribution < 1.29 is 14.6 Å². The first-order chi connectivity index (χ1) is 11.1. The number of aromatic nitrogens is 2. The maximum absolute atomic E-state index is 11.2. The van der Waals surface area contributed by atoms with E-state index in [-0.39, 0.29) is 5.75 Å². The molecular formula is C16H12BrN3O3. The van der Waals surface area contributed by atoms with E-state index in [1.165, 1.54) is 13.4 Å². The lowest BCUT2D eigenvalue weighted by molar-refractivity contribution is 0.112. The van der Waals surface area contributed by atoms with Gasteiger partial charge in [-0.1, -0.05) is 0 Å².